The van der Waals surface area contributed by atoms with E-state index in [0.717, 1.165) is 3.79 Å². The van der Waals surface area contributed by atoms with Crippen molar-refractivity contribution in [3.05, 3.63) is 45.3 Å². The molecule has 0 amide bonds. The van der Waals surface area contributed by atoms with Gasteiger partial charge in [-0.3, -0.25) is 15.2 Å². The van der Waals surface area contributed by atoms with E-state index in [-0.39, 0.29) is 17.9 Å². The lowest BCUT2D eigenvalue weighted by atomic mass is 10.1. The summed E-state index contributed by atoms with van der Waals surface area (Å²) in [4.78, 5) is 28.3. The number of ketones is 1. The third-order valence-corrected chi connectivity index (χ3v) is 4.26. The number of nitrogens with zero attached hydrogens (tertiary/aromatic N) is 2. The molecule has 2 heterocycles. The minimum absolute atomic E-state index is 0.00818. The average Bonchev–Trinajstić information content (AvgIpc) is 2.98. The van der Waals surface area contributed by atoms with Crippen LogP contribution in [-0.4, -0.2) is 29.6 Å². The Bertz CT molecular complexity index is 700. The highest BCUT2D eigenvalue weighted by Crippen LogP contribution is 2.23. The van der Waals surface area contributed by atoms with E-state index in [4.69, 9.17) is 0 Å². The lowest BCUT2D eigenvalue weighted by Gasteiger charge is -2.05. The van der Waals surface area contributed by atoms with Crippen LogP contribution in [0.1, 0.15) is 16.1 Å². The normalized spacial score (nSPS) is 11.1. The number of Topliss-reactive ketones (excluding diaryl/α,β-unsaturated/α-hetero) is 1. The Morgan fingerprint density at radius 3 is 2.64 bits per heavy atom. The molecular weight excluding hydrogens is 370 g/mol. The van der Waals surface area contributed by atoms with E-state index in [1.165, 1.54) is 18.4 Å². The van der Waals surface area contributed by atoms with Crippen LogP contribution >= 0.6 is 27.3 Å². The Kier molecular flexibility index (Phi) is 5.79. The van der Waals surface area contributed by atoms with Crippen LogP contribution in [-0.2, 0) is 9.53 Å². The number of ether oxygens (including phenoxy) is 1. The first-order chi connectivity index (χ1) is 10.6. The first kappa shape index (κ1) is 16.3. The standard InChI is InChI=1S/C14H12BrN3O3S/c1-21-14(20)10(18-17-9-4-6-16-7-5-9)8-11(19)12-2-3-13(15)22-12/h2-7H,8H2,1H3,(H,16,17)/b18-10+. The van der Waals surface area contributed by atoms with Crippen LogP contribution in [0, 0.1) is 0 Å². The number of carbonyl (C=O) groups is 2. The number of rotatable bonds is 6. The maximum atomic E-state index is 12.2. The van der Waals surface area contributed by atoms with E-state index in [9.17, 15) is 9.59 Å². The summed E-state index contributed by atoms with van der Waals surface area (Å²) in [5.41, 5.74) is 3.37. The van der Waals surface area contributed by atoms with Gasteiger partial charge < -0.3 is 4.74 Å². The first-order valence-electron chi connectivity index (χ1n) is 6.19. The second-order valence-corrected chi connectivity index (χ2v) is 6.56. The molecule has 1 N–H and O–H groups in total. The highest BCUT2D eigenvalue weighted by molar-refractivity contribution is 9.11. The summed E-state index contributed by atoms with van der Waals surface area (Å²) in [5.74, 6) is -0.845. The van der Waals surface area contributed by atoms with Crippen LogP contribution in [0.5, 0.6) is 0 Å². The molecule has 0 saturated heterocycles. The molecule has 0 aliphatic heterocycles. The quantitative estimate of drug-likeness (QED) is 0.359. The Hall–Kier alpha value is -2.06. The Morgan fingerprint density at radius 2 is 2.05 bits per heavy atom. The number of methoxy groups -OCH3 is 1. The number of hydrogen-bond acceptors (Lipinski definition) is 7. The van der Waals surface area contributed by atoms with E-state index in [1.54, 1.807) is 36.7 Å². The second-order valence-electron chi connectivity index (χ2n) is 4.10. The highest BCUT2D eigenvalue weighted by Gasteiger charge is 2.19. The largest absolute Gasteiger partial charge is 0.464 e. The van der Waals surface area contributed by atoms with Gasteiger partial charge in [-0.05, 0) is 40.2 Å². The van der Waals surface area contributed by atoms with Gasteiger partial charge >= 0.3 is 5.97 Å². The minimum atomic E-state index is -0.648. The molecule has 0 aliphatic carbocycles. The van der Waals surface area contributed by atoms with Crippen LogP contribution in [0.25, 0.3) is 0 Å². The van der Waals surface area contributed by atoms with Crippen molar-refractivity contribution in [2.45, 2.75) is 6.42 Å². The monoisotopic (exact) mass is 381 g/mol. The first-order valence-corrected chi connectivity index (χ1v) is 7.80. The molecular formula is C14H12BrN3O3S. The number of aromatic nitrogens is 1. The SMILES string of the molecule is COC(=O)/C(CC(=O)c1ccc(Br)s1)=N/Nc1ccncc1. The highest BCUT2D eigenvalue weighted by atomic mass is 79.9. The van der Waals surface area contributed by atoms with Gasteiger partial charge in [0.15, 0.2) is 11.5 Å². The lowest BCUT2D eigenvalue weighted by Crippen LogP contribution is -2.21. The van der Waals surface area contributed by atoms with Gasteiger partial charge in [-0.1, -0.05) is 0 Å². The Labute approximate surface area is 139 Å². The zero-order chi connectivity index (χ0) is 15.9. The predicted molar refractivity (Wildman–Crippen MR) is 88.3 cm³/mol. The molecule has 114 valence electrons. The summed E-state index contributed by atoms with van der Waals surface area (Å²) in [6.07, 6.45) is 3.03. The van der Waals surface area contributed by atoms with Crippen LogP contribution in [0.15, 0.2) is 45.5 Å². The van der Waals surface area contributed by atoms with E-state index in [2.05, 4.69) is 36.2 Å². The maximum Gasteiger partial charge on any atom is 0.354 e. The molecule has 0 spiro atoms. The van der Waals surface area contributed by atoms with Crippen LogP contribution in [0.3, 0.4) is 0 Å². The number of halogens is 1. The fraction of sp³-hybridized carbons (Fsp3) is 0.143. The van der Waals surface area contributed by atoms with E-state index >= 15 is 0 Å². The van der Waals surface area contributed by atoms with Crippen LogP contribution in [0.2, 0.25) is 0 Å². The molecule has 0 aliphatic rings. The van der Waals surface area contributed by atoms with Crippen molar-refractivity contribution in [3.63, 3.8) is 0 Å². The van der Waals surface area contributed by atoms with Crippen molar-refractivity contribution in [2.24, 2.45) is 5.10 Å². The molecule has 0 unspecified atom stereocenters. The van der Waals surface area contributed by atoms with Gasteiger partial charge in [0.05, 0.1) is 27.9 Å². The van der Waals surface area contributed by atoms with Gasteiger partial charge in [0.2, 0.25) is 0 Å². The molecule has 2 aromatic rings. The number of hydrogen-bond donors (Lipinski definition) is 1. The van der Waals surface area contributed by atoms with Gasteiger partial charge in [0.25, 0.3) is 0 Å². The molecule has 0 bridgehead atoms. The molecule has 6 nitrogen and oxygen atoms in total. The number of pyridine rings is 1. The van der Waals surface area contributed by atoms with Gasteiger partial charge in [0.1, 0.15) is 0 Å². The summed E-state index contributed by atoms with van der Waals surface area (Å²) in [6, 6.07) is 6.86. The van der Waals surface area contributed by atoms with Crippen molar-refractivity contribution < 1.29 is 14.3 Å². The fourth-order valence-corrected chi connectivity index (χ4v) is 2.86. The van der Waals surface area contributed by atoms with Crippen LogP contribution < -0.4 is 5.43 Å². The predicted octanol–water partition coefficient (Wildman–Crippen LogP) is 3.12. The van der Waals surface area contributed by atoms with Crippen molar-refractivity contribution in [1.29, 1.82) is 0 Å². The maximum absolute atomic E-state index is 12.2. The summed E-state index contributed by atoms with van der Waals surface area (Å²) < 4.78 is 5.51. The van der Waals surface area contributed by atoms with Crippen molar-refractivity contribution in [1.82, 2.24) is 4.98 Å². The van der Waals surface area contributed by atoms with Gasteiger partial charge in [-0.15, -0.1) is 11.3 Å². The third-order valence-electron chi connectivity index (χ3n) is 2.60. The molecule has 0 atom stereocenters. The molecule has 8 heteroatoms. The molecule has 2 rings (SSSR count). The van der Waals surface area contributed by atoms with Gasteiger partial charge in [0, 0.05) is 12.4 Å². The van der Waals surface area contributed by atoms with E-state index in [1.807, 2.05) is 0 Å². The van der Waals surface area contributed by atoms with E-state index in [0.29, 0.717) is 10.6 Å². The van der Waals surface area contributed by atoms with Crippen molar-refractivity contribution >= 4 is 50.4 Å². The van der Waals surface area contributed by atoms with Gasteiger partial charge in [-0.25, -0.2) is 4.79 Å². The average molecular weight is 382 g/mol. The number of anilines is 1. The molecule has 2 aromatic heterocycles. The lowest BCUT2D eigenvalue weighted by molar-refractivity contribution is -0.132. The number of carbonyl (C=O) groups excluding carboxylic acids is 2. The van der Waals surface area contributed by atoms with E-state index < -0.39 is 5.97 Å². The zero-order valence-corrected chi connectivity index (χ0v) is 14.0. The van der Waals surface area contributed by atoms with Crippen molar-refractivity contribution in [3.8, 4) is 0 Å². The Balaban J connectivity index is 2.12. The molecule has 0 saturated carbocycles. The summed E-state index contributed by atoms with van der Waals surface area (Å²) in [5, 5.41) is 3.97. The summed E-state index contributed by atoms with van der Waals surface area (Å²) in [7, 11) is 1.25. The smallest absolute Gasteiger partial charge is 0.354 e. The molecule has 22 heavy (non-hydrogen) atoms. The number of hydrazone groups is 1. The van der Waals surface area contributed by atoms with Crippen LogP contribution in [0.4, 0.5) is 5.69 Å². The number of esters is 1. The number of thiophene rings is 1. The second kappa shape index (κ2) is 7.81. The number of nitrogens with one attached hydrogen (secondary N) is 1. The minimum Gasteiger partial charge on any atom is -0.464 e. The topological polar surface area (TPSA) is 80.7 Å². The summed E-state index contributed by atoms with van der Waals surface area (Å²) in [6.45, 7) is 0. The summed E-state index contributed by atoms with van der Waals surface area (Å²) >= 11 is 4.60. The molecule has 0 fully saturated rings. The Morgan fingerprint density at radius 1 is 1.32 bits per heavy atom. The third kappa shape index (κ3) is 4.47. The van der Waals surface area contributed by atoms with Crippen molar-refractivity contribution in [2.75, 3.05) is 12.5 Å². The van der Waals surface area contributed by atoms with Gasteiger partial charge in [-0.2, -0.15) is 5.10 Å². The molecule has 0 radical (unpaired) electrons. The molecule has 0 aromatic carbocycles. The zero-order valence-electron chi connectivity index (χ0n) is 11.6. The fourth-order valence-electron chi connectivity index (χ4n) is 1.54.